The average molecular weight is 426 g/mol. The maximum Gasteiger partial charge on any atom is 0.255 e. The summed E-state index contributed by atoms with van der Waals surface area (Å²) in [6.45, 7) is 3.94. The molecule has 4 rings (SSSR count). The average Bonchev–Trinajstić information content (AvgIpc) is 3.10. The second-order valence-corrected chi connectivity index (χ2v) is 8.20. The van der Waals surface area contributed by atoms with E-state index in [-0.39, 0.29) is 5.91 Å². The van der Waals surface area contributed by atoms with E-state index in [0.29, 0.717) is 21.7 Å². The summed E-state index contributed by atoms with van der Waals surface area (Å²) in [5, 5.41) is 12.2. The van der Waals surface area contributed by atoms with Gasteiger partial charge in [0.1, 0.15) is 6.04 Å². The summed E-state index contributed by atoms with van der Waals surface area (Å²) in [6, 6.07) is 16.5. The van der Waals surface area contributed by atoms with Crippen molar-refractivity contribution in [2.45, 2.75) is 25.0 Å². The Balaban J connectivity index is 1.78. The first-order chi connectivity index (χ1) is 14.1. The molecule has 8 heteroatoms. The highest BCUT2D eigenvalue weighted by molar-refractivity contribution is 7.99. The molecular weight excluding hydrogens is 406 g/mol. The van der Waals surface area contributed by atoms with Crippen molar-refractivity contribution in [3.05, 3.63) is 76.5 Å². The molecule has 0 fully saturated rings. The highest BCUT2D eigenvalue weighted by atomic mass is 35.5. The van der Waals surface area contributed by atoms with Gasteiger partial charge in [0.15, 0.2) is 0 Å². The number of para-hydroxylation sites is 1. The van der Waals surface area contributed by atoms with Gasteiger partial charge in [-0.2, -0.15) is 4.98 Å². The smallest absolute Gasteiger partial charge is 0.255 e. The normalized spacial score (nSPS) is 15.6. The van der Waals surface area contributed by atoms with E-state index < -0.39 is 6.04 Å². The first-order valence-corrected chi connectivity index (χ1v) is 10.6. The Labute approximate surface area is 178 Å². The molecule has 0 spiro atoms. The van der Waals surface area contributed by atoms with Gasteiger partial charge in [-0.1, -0.05) is 60.6 Å². The summed E-state index contributed by atoms with van der Waals surface area (Å²) in [4.78, 5) is 17.8. The van der Waals surface area contributed by atoms with E-state index in [1.165, 1.54) is 0 Å². The summed E-state index contributed by atoms with van der Waals surface area (Å²) in [6.07, 6.45) is 0. The number of thioether (sulfide) groups is 1. The topological polar surface area (TPSA) is 71.8 Å². The lowest BCUT2D eigenvalue weighted by Gasteiger charge is -2.28. The summed E-state index contributed by atoms with van der Waals surface area (Å²) in [5.74, 6) is 1.30. The van der Waals surface area contributed by atoms with Crippen molar-refractivity contribution in [2.24, 2.45) is 0 Å². The van der Waals surface area contributed by atoms with Crippen molar-refractivity contribution < 1.29 is 4.79 Å². The molecule has 1 aliphatic heterocycles. The molecule has 2 aromatic carbocycles. The number of carbonyl (C=O) groups is 1. The van der Waals surface area contributed by atoms with E-state index in [1.54, 1.807) is 16.4 Å². The lowest BCUT2D eigenvalue weighted by Crippen LogP contribution is -2.31. The number of nitrogens with zero attached hydrogens (tertiary/aromatic N) is 3. The number of nitrogens with one attached hydrogen (secondary N) is 2. The van der Waals surface area contributed by atoms with E-state index in [1.807, 2.05) is 61.5 Å². The van der Waals surface area contributed by atoms with Crippen LogP contribution < -0.4 is 10.6 Å². The van der Waals surface area contributed by atoms with E-state index in [9.17, 15) is 4.79 Å². The van der Waals surface area contributed by atoms with Gasteiger partial charge in [0.25, 0.3) is 5.91 Å². The van der Waals surface area contributed by atoms with Gasteiger partial charge < -0.3 is 10.6 Å². The Morgan fingerprint density at radius 2 is 1.93 bits per heavy atom. The Kier molecular flexibility index (Phi) is 5.60. The van der Waals surface area contributed by atoms with Crippen LogP contribution in [0.15, 0.2) is 71.0 Å². The standard InChI is InChI=1S/C21H20ClN5OS/c1-3-29-21-25-20-23-13(2)17(19(28)24-16-7-5-4-6-8-16)18(27(20)26-21)14-9-11-15(22)12-10-14/h4-12,18H,3H2,1-2H3,(H,24,28)(H,23,25,26)/t18-/m0/s1. The number of carbonyl (C=O) groups excluding carboxylic acids is 1. The number of benzene rings is 2. The fourth-order valence-electron chi connectivity index (χ4n) is 3.29. The van der Waals surface area contributed by atoms with Gasteiger partial charge in [0, 0.05) is 16.4 Å². The second-order valence-electron chi connectivity index (χ2n) is 6.53. The predicted molar refractivity (Wildman–Crippen MR) is 117 cm³/mol. The van der Waals surface area contributed by atoms with Gasteiger partial charge in [0.2, 0.25) is 11.1 Å². The quantitative estimate of drug-likeness (QED) is 0.564. The van der Waals surface area contributed by atoms with Crippen molar-refractivity contribution in [1.82, 2.24) is 14.8 Å². The molecule has 1 amide bonds. The van der Waals surface area contributed by atoms with Crippen LogP contribution in [0.2, 0.25) is 5.02 Å². The van der Waals surface area contributed by atoms with Crippen LogP contribution in [0, 0.1) is 0 Å². The summed E-state index contributed by atoms with van der Waals surface area (Å²) in [5.41, 5.74) is 2.97. The van der Waals surface area contributed by atoms with Gasteiger partial charge >= 0.3 is 0 Å². The van der Waals surface area contributed by atoms with Crippen LogP contribution in [0.4, 0.5) is 11.6 Å². The number of amides is 1. The molecule has 1 aromatic heterocycles. The number of anilines is 2. The lowest BCUT2D eigenvalue weighted by atomic mass is 9.95. The zero-order valence-corrected chi connectivity index (χ0v) is 17.6. The number of allylic oxidation sites excluding steroid dienone is 1. The van der Waals surface area contributed by atoms with Crippen molar-refractivity contribution in [1.29, 1.82) is 0 Å². The minimum absolute atomic E-state index is 0.188. The lowest BCUT2D eigenvalue weighted by molar-refractivity contribution is -0.113. The third-order valence-electron chi connectivity index (χ3n) is 4.57. The van der Waals surface area contributed by atoms with Crippen molar-refractivity contribution in [3.63, 3.8) is 0 Å². The maximum atomic E-state index is 13.3. The van der Waals surface area contributed by atoms with Gasteiger partial charge in [-0.3, -0.25) is 4.79 Å². The molecule has 2 N–H and O–H groups in total. The highest BCUT2D eigenvalue weighted by Gasteiger charge is 2.34. The summed E-state index contributed by atoms with van der Waals surface area (Å²) >= 11 is 7.65. The van der Waals surface area contributed by atoms with Crippen molar-refractivity contribution in [3.8, 4) is 0 Å². The van der Waals surface area contributed by atoms with Crippen LogP contribution in [0.5, 0.6) is 0 Å². The number of aromatic nitrogens is 3. The Morgan fingerprint density at radius 3 is 2.62 bits per heavy atom. The number of halogens is 1. The molecule has 6 nitrogen and oxygen atoms in total. The largest absolute Gasteiger partial charge is 0.328 e. The Bertz CT molecular complexity index is 1060. The van der Waals surface area contributed by atoms with E-state index in [4.69, 9.17) is 11.6 Å². The fourth-order valence-corrected chi connectivity index (χ4v) is 3.97. The first kappa shape index (κ1) is 19.5. The Morgan fingerprint density at radius 1 is 1.21 bits per heavy atom. The summed E-state index contributed by atoms with van der Waals surface area (Å²) in [7, 11) is 0. The molecule has 0 radical (unpaired) electrons. The van der Waals surface area contributed by atoms with Crippen molar-refractivity contribution >= 4 is 40.9 Å². The van der Waals surface area contributed by atoms with Crippen LogP contribution in [0.25, 0.3) is 0 Å². The molecule has 2 heterocycles. The predicted octanol–water partition coefficient (Wildman–Crippen LogP) is 4.97. The van der Waals surface area contributed by atoms with Crippen LogP contribution in [-0.4, -0.2) is 26.4 Å². The number of hydrogen-bond donors (Lipinski definition) is 2. The molecule has 0 saturated carbocycles. The van der Waals surface area contributed by atoms with Crippen LogP contribution in [-0.2, 0) is 4.79 Å². The SMILES string of the molecule is CCSc1nc2n(n1)[C@@H](c1ccc(Cl)cc1)C(C(=O)Nc1ccccc1)=C(C)N2. The van der Waals surface area contributed by atoms with Gasteiger partial charge in [-0.15, -0.1) is 5.10 Å². The van der Waals surface area contributed by atoms with E-state index in [0.717, 1.165) is 22.7 Å². The molecule has 1 atom stereocenters. The molecule has 0 saturated heterocycles. The minimum Gasteiger partial charge on any atom is -0.328 e. The molecule has 0 aliphatic carbocycles. The third kappa shape index (κ3) is 4.02. The first-order valence-electron chi connectivity index (χ1n) is 9.26. The third-order valence-corrected chi connectivity index (χ3v) is 5.54. The molecule has 148 valence electrons. The van der Waals surface area contributed by atoms with Gasteiger partial charge in [-0.25, -0.2) is 4.68 Å². The zero-order valence-electron chi connectivity index (χ0n) is 16.0. The number of rotatable bonds is 5. The maximum absolute atomic E-state index is 13.3. The van der Waals surface area contributed by atoms with Crippen LogP contribution >= 0.6 is 23.4 Å². The molecule has 1 aliphatic rings. The molecular formula is C21H20ClN5OS. The molecule has 0 unspecified atom stereocenters. The van der Waals surface area contributed by atoms with E-state index in [2.05, 4.69) is 27.6 Å². The van der Waals surface area contributed by atoms with Crippen LogP contribution in [0.3, 0.4) is 0 Å². The fraction of sp³-hybridized carbons (Fsp3) is 0.190. The van der Waals surface area contributed by atoms with Gasteiger partial charge in [0.05, 0.1) is 5.57 Å². The second kappa shape index (κ2) is 8.31. The Hall–Kier alpha value is -2.77. The monoisotopic (exact) mass is 425 g/mol. The molecule has 3 aromatic rings. The number of hydrogen-bond acceptors (Lipinski definition) is 5. The highest BCUT2D eigenvalue weighted by Crippen LogP contribution is 2.37. The van der Waals surface area contributed by atoms with Crippen molar-refractivity contribution in [2.75, 3.05) is 16.4 Å². The van der Waals surface area contributed by atoms with Gasteiger partial charge in [-0.05, 0) is 42.5 Å². The molecule has 29 heavy (non-hydrogen) atoms. The number of fused-ring (bicyclic) bond motifs is 1. The minimum atomic E-state index is -0.411. The van der Waals surface area contributed by atoms with Crippen LogP contribution in [0.1, 0.15) is 25.5 Å². The zero-order chi connectivity index (χ0) is 20.4. The molecule has 0 bridgehead atoms. The summed E-state index contributed by atoms with van der Waals surface area (Å²) < 4.78 is 1.77. The van der Waals surface area contributed by atoms with E-state index >= 15 is 0 Å².